The van der Waals surface area contributed by atoms with Gasteiger partial charge in [0.05, 0.1) is 6.61 Å². The Kier molecular flexibility index (Phi) is 4.43. The number of alkyl carbamates (subject to hydrolysis) is 1. The number of ether oxygens (including phenoxy) is 1. The van der Waals surface area contributed by atoms with Gasteiger partial charge in [-0.2, -0.15) is 0 Å². The van der Waals surface area contributed by atoms with Crippen molar-refractivity contribution in [3.63, 3.8) is 0 Å². The fourth-order valence-electron chi connectivity index (χ4n) is 1.89. The monoisotopic (exact) mass is 213 g/mol. The van der Waals surface area contributed by atoms with Crippen LogP contribution < -0.4 is 5.32 Å². The standard InChI is InChI=1S/C12H23NO2/c1-12(2,3)13-11(14)15-9-10-7-5-4-6-8-10/h10H,4-9H2,1-3H3,(H,13,14). The van der Waals surface area contributed by atoms with Gasteiger partial charge in [0, 0.05) is 5.54 Å². The Hall–Kier alpha value is -0.730. The first-order chi connectivity index (χ1) is 6.97. The molecule has 0 radical (unpaired) electrons. The summed E-state index contributed by atoms with van der Waals surface area (Å²) >= 11 is 0. The second-order valence-corrected chi connectivity index (χ2v) is 5.48. The molecule has 0 atom stereocenters. The van der Waals surface area contributed by atoms with Crippen LogP contribution in [0.3, 0.4) is 0 Å². The van der Waals surface area contributed by atoms with Crippen LogP contribution >= 0.6 is 0 Å². The second kappa shape index (κ2) is 5.38. The van der Waals surface area contributed by atoms with E-state index < -0.39 is 0 Å². The van der Waals surface area contributed by atoms with Crippen LogP contribution in [0.4, 0.5) is 4.79 Å². The van der Waals surface area contributed by atoms with Crippen LogP contribution in [-0.2, 0) is 4.74 Å². The summed E-state index contributed by atoms with van der Waals surface area (Å²) in [7, 11) is 0. The van der Waals surface area contributed by atoms with E-state index in [-0.39, 0.29) is 11.6 Å². The SMILES string of the molecule is CC(C)(C)NC(=O)OCC1CCCCC1. The van der Waals surface area contributed by atoms with Gasteiger partial charge in [0.25, 0.3) is 0 Å². The molecule has 1 fully saturated rings. The molecule has 0 spiro atoms. The van der Waals surface area contributed by atoms with E-state index in [9.17, 15) is 4.79 Å². The maximum atomic E-state index is 11.4. The summed E-state index contributed by atoms with van der Waals surface area (Å²) in [6.45, 7) is 6.44. The summed E-state index contributed by atoms with van der Waals surface area (Å²) < 4.78 is 5.21. The molecule has 0 aromatic carbocycles. The van der Waals surface area contributed by atoms with E-state index in [1.807, 2.05) is 20.8 Å². The van der Waals surface area contributed by atoms with Crippen molar-refractivity contribution in [3.05, 3.63) is 0 Å². The lowest BCUT2D eigenvalue weighted by Gasteiger charge is -2.23. The van der Waals surface area contributed by atoms with E-state index in [4.69, 9.17) is 4.74 Å². The summed E-state index contributed by atoms with van der Waals surface area (Å²) in [5, 5.41) is 2.80. The van der Waals surface area contributed by atoms with Crippen molar-refractivity contribution in [3.8, 4) is 0 Å². The Morgan fingerprint density at radius 3 is 2.40 bits per heavy atom. The highest BCUT2D eigenvalue weighted by Crippen LogP contribution is 2.23. The zero-order valence-corrected chi connectivity index (χ0v) is 10.1. The topological polar surface area (TPSA) is 38.3 Å². The Labute approximate surface area is 92.6 Å². The lowest BCUT2D eigenvalue weighted by atomic mass is 9.90. The van der Waals surface area contributed by atoms with E-state index in [2.05, 4.69) is 5.32 Å². The van der Waals surface area contributed by atoms with Gasteiger partial charge < -0.3 is 10.1 Å². The zero-order chi connectivity index (χ0) is 11.3. The molecular formula is C12H23NO2. The predicted octanol–water partition coefficient (Wildman–Crippen LogP) is 3.09. The molecular weight excluding hydrogens is 190 g/mol. The fourth-order valence-corrected chi connectivity index (χ4v) is 1.89. The molecule has 0 unspecified atom stereocenters. The molecule has 1 rings (SSSR count). The van der Waals surface area contributed by atoms with Gasteiger partial charge in [-0.15, -0.1) is 0 Å². The third kappa shape index (κ3) is 5.65. The summed E-state index contributed by atoms with van der Waals surface area (Å²) in [6.07, 6.45) is 6.05. The van der Waals surface area contributed by atoms with Crippen LogP contribution in [0.25, 0.3) is 0 Å². The number of carbonyl (C=O) groups excluding carboxylic acids is 1. The van der Waals surface area contributed by atoms with E-state index in [0.29, 0.717) is 12.5 Å². The molecule has 0 saturated heterocycles. The van der Waals surface area contributed by atoms with Gasteiger partial charge >= 0.3 is 6.09 Å². The molecule has 88 valence electrons. The normalized spacial score (nSPS) is 18.6. The molecule has 1 aliphatic carbocycles. The maximum absolute atomic E-state index is 11.4. The Morgan fingerprint density at radius 2 is 1.87 bits per heavy atom. The highest BCUT2D eigenvalue weighted by molar-refractivity contribution is 5.68. The molecule has 0 aliphatic heterocycles. The smallest absolute Gasteiger partial charge is 0.407 e. The summed E-state index contributed by atoms with van der Waals surface area (Å²) in [6, 6.07) is 0. The number of amides is 1. The summed E-state index contributed by atoms with van der Waals surface area (Å²) in [5.74, 6) is 0.587. The predicted molar refractivity (Wildman–Crippen MR) is 60.8 cm³/mol. The molecule has 0 aromatic rings. The minimum absolute atomic E-state index is 0.205. The van der Waals surface area contributed by atoms with Gasteiger partial charge in [0.1, 0.15) is 0 Å². The molecule has 15 heavy (non-hydrogen) atoms. The van der Waals surface area contributed by atoms with Crippen LogP contribution in [0.1, 0.15) is 52.9 Å². The highest BCUT2D eigenvalue weighted by Gasteiger charge is 2.18. The third-order valence-electron chi connectivity index (χ3n) is 2.65. The lowest BCUT2D eigenvalue weighted by molar-refractivity contribution is 0.109. The molecule has 0 heterocycles. The molecule has 0 bridgehead atoms. The van der Waals surface area contributed by atoms with Gasteiger partial charge in [0.2, 0.25) is 0 Å². The molecule has 1 aliphatic rings. The third-order valence-corrected chi connectivity index (χ3v) is 2.65. The lowest BCUT2D eigenvalue weighted by Crippen LogP contribution is -2.41. The highest BCUT2D eigenvalue weighted by atomic mass is 16.5. The maximum Gasteiger partial charge on any atom is 0.407 e. The number of carbonyl (C=O) groups is 1. The molecule has 1 amide bonds. The minimum Gasteiger partial charge on any atom is -0.449 e. The quantitative estimate of drug-likeness (QED) is 0.765. The van der Waals surface area contributed by atoms with Gasteiger partial charge in [-0.3, -0.25) is 0 Å². The largest absolute Gasteiger partial charge is 0.449 e. The van der Waals surface area contributed by atoms with Gasteiger partial charge in [0.15, 0.2) is 0 Å². The van der Waals surface area contributed by atoms with Crippen LogP contribution in [-0.4, -0.2) is 18.2 Å². The van der Waals surface area contributed by atoms with Crippen molar-refractivity contribution in [2.24, 2.45) is 5.92 Å². The van der Waals surface area contributed by atoms with E-state index in [0.717, 1.165) is 0 Å². The first kappa shape index (κ1) is 12.3. The number of nitrogens with one attached hydrogen (secondary N) is 1. The van der Waals surface area contributed by atoms with Crippen molar-refractivity contribution >= 4 is 6.09 Å². The molecule has 3 heteroatoms. The first-order valence-electron chi connectivity index (χ1n) is 5.92. The Morgan fingerprint density at radius 1 is 1.27 bits per heavy atom. The molecule has 3 nitrogen and oxygen atoms in total. The second-order valence-electron chi connectivity index (χ2n) is 5.48. The van der Waals surface area contributed by atoms with Crippen molar-refractivity contribution < 1.29 is 9.53 Å². The van der Waals surface area contributed by atoms with Crippen molar-refractivity contribution in [2.75, 3.05) is 6.61 Å². The number of hydrogen-bond acceptors (Lipinski definition) is 2. The van der Waals surface area contributed by atoms with E-state index in [1.165, 1.54) is 32.1 Å². The van der Waals surface area contributed by atoms with Gasteiger partial charge in [-0.1, -0.05) is 19.3 Å². The average molecular weight is 213 g/mol. The molecule has 1 saturated carbocycles. The van der Waals surface area contributed by atoms with Crippen LogP contribution in [0.5, 0.6) is 0 Å². The van der Waals surface area contributed by atoms with E-state index >= 15 is 0 Å². The number of rotatable bonds is 2. The first-order valence-corrected chi connectivity index (χ1v) is 5.92. The Balaban J connectivity index is 2.15. The minimum atomic E-state index is -0.284. The summed E-state index contributed by atoms with van der Waals surface area (Å²) in [5.41, 5.74) is -0.205. The molecule has 1 N–H and O–H groups in total. The Bertz CT molecular complexity index is 202. The zero-order valence-electron chi connectivity index (χ0n) is 10.1. The van der Waals surface area contributed by atoms with E-state index in [1.54, 1.807) is 0 Å². The fraction of sp³-hybridized carbons (Fsp3) is 0.917. The van der Waals surface area contributed by atoms with Crippen molar-refractivity contribution in [1.82, 2.24) is 5.32 Å². The van der Waals surface area contributed by atoms with Crippen LogP contribution in [0.15, 0.2) is 0 Å². The molecule has 0 aromatic heterocycles. The number of hydrogen-bond donors (Lipinski definition) is 1. The van der Waals surface area contributed by atoms with Crippen molar-refractivity contribution in [1.29, 1.82) is 0 Å². The van der Waals surface area contributed by atoms with Crippen molar-refractivity contribution in [2.45, 2.75) is 58.4 Å². The summed E-state index contributed by atoms with van der Waals surface area (Å²) in [4.78, 5) is 11.4. The van der Waals surface area contributed by atoms with Crippen LogP contribution in [0.2, 0.25) is 0 Å². The van der Waals surface area contributed by atoms with Gasteiger partial charge in [-0.25, -0.2) is 4.79 Å². The van der Waals surface area contributed by atoms with Crippen LogP contribution in [0, 0.1) is 5.92 Å². The average Bonchev–Trinajstić information content (AvgIpc) is 2.14. The van der Waals surface area contributed by atoms with Gasteiger partial charge in [-0.05, 0) is 39.5 Å².